The number of esters is 2. The van der Waals surface area contributed by atoms with Gasteiger partial charge in [0.2, 0.25) is 0 Å². The van der Waals surface area contributed by atoms with Gasteiger partial charge in [0.25, 0.3) is 0 Å². The first kappa shape index (κ1) is 18.9. The molecular weight excluding hydrogens is 336 g/mol. The van der Waals surface area contributed by atoms with E-state index in [-0.39, 0.29) is 11.7 Å². The second-order valence-corrected chi connectivity index (χ2v) is 7.62. The fourth-order valence-electron chi connectivity index (χ4n) is 3.70. The van der Waals surface area contributed by atoms with E-state index in [2.05, 4.69) is 6.58 Å². The van der Waals surface area contributed by atoms with E-state index >= 15 is 0 Å². The molecule has 6 atom stereocenters. The zero-order valence-corrected chi connectivity index (χ0v) is 15.7. The summed E-state index contributed by atoms with van der Waals surface area (Å²) in [5, 5.41) is 10.4. The third-order valence-corrected chi connectivity index (χ3v) is 5.71. The standard InChI is InChI=1S/C20H26O6/c1-6-10(2)18(22)25-15-9-20(5)16(26-20)8-13(21)11(3)7-14-17(15)12(4)19(23)24-14/h6-7,13-17,21H,4,8-9H2,1-3,5H3/b10-6+,11-7-/t13?,14-,15?,16-,17+,20-/m1/s1. The molecule has 0 spiro atoms. The molecule has 0 radical (unpaired) electrons. The van der Waals surface area contributed by atoms with E-state index in [1.54, 1.807) is 32.9 Å². The first-order chi connectivity index (χ1) is 12.2. The Bertz CT molecular complexity index is 705. The van der Waals surface area contributed by atoms with Gasteiger partial charge in [0, 0.05) is 24.0 Å². The zero-order chi connectivity index (χ0) is 19.2. The molecule has 0 aromatic rings. The highest BCUT2D eigenvalue weighted by Gasteiger charge is 2.57. The summed E-state index contributed by atoms with van der Waals surface area (Å²) in [6.45, 7) is 11.0. The number of epoxide rings is 1. The SMILES string of the molecule is C=C1C(=O)O[C@@H]2/C=C(/C)C(O)C[C@H]3O[C@]3(C)CC(OC(=O)/C(C)=C/C)[C@@H]12. The second-order valence-electron chi connectivity index (χ2n) is 7.62. The summed E-state index contributed by atoms with van der Waals surface area (Å²) in [6, 6.07) is 0. The monoisotopic (exact) mass is 362 g/mol. The van der Waals surface area contributed by atoms with Crippen LogP contribution in [0, 0.1) is 5.92 Å². The molecule has 2 aliphatic heterocycles. The van der Waals surface area contributed by atoms with Gasteiger partial charge in [-0.15, -0.1) is 0 Å². The number of aliphatic hydroxyl groups excluding tert-OH is 1. The minimum Gasteiger partial charge on any atom is -0.458 e. The van der Waals surface area contributed by atoms with Gasteiger partial charge in [-0.25, -0.2) is 9.59 Å². The summed E-state index contributed by atoms with van der Waals surface area (Å²) in [5.41, 5.74) is 0.974. The van der Waals surface area contributed by atoms with Crippen LogP contribution < -0.4 is 0 Å². The van der Waals surface area contributed by atoms with Crippen molar-refractivity contribution in [2.75, 3.05) is 0 Å². The molecular formula is C20H26O6. The van der Waals surface area contributed by atoms with Crippen LogP contribution in [0.25, 0.3) is 0 Å². The molecule has 0 aromatic heterocycles. The summed E-state index contributed by atoms with van der Waals surface area (Å²) in [7, 11) is 0. The number of fused-ring (bicyclic) bond motifs is 2. The number of carbonyl (C=O) groups is 2. The van der Waals surface area contributed by atoms with Crippen molar-refractivity contribution in [1.82, 2.24) is 0 Å². The predicted molar refractivity (Wildman–Crippen MR) is 94.1 cm³/mol. The van der Waals surface area contributed by atoms with Gasteiger partial charge in [0.1, 0.15) is 12.2 Å². The molecule has 2 unspecified atom stereocenters. The Kier molecular flexibility index (Phi) is 4.84. The third-order valence-electron chi connectivity index (χ3n) is 5.71. The third kappa shape index (κ3) is 3.35. The van der Waals surface area contributed by atoms with Gasteiger partial charge in [-0.3, -0.25) is 0 Å². The van der Waals surface area contributed by atoms with Crippen LogP contribution in [0.3, 0.4) is 0 Å². The molecule has 3 rings (SSSR count). The molecule has 6 heteroatoms. The van der Waals surface area contributed by atoms with Gasteiger partial charge in [-0.2, -0.15) is 0 Å². The highest BCUT2D eigenvalue weighted by atomic mass is 16.6. The summed E-state index contributed by atoms with van der Waals surface area (Å²) < 4.78 is 17.0. The van der Waals surface area contributed by atoms with Crippen molar-refractivity contribution < 1.29 is 28.9 Å². The quantitative estimate of drug-likeness (QED) is 0.351. The lowest BCUT2D eigenvalue weighted by Crippen LogP contribution is -2.37. The van der Waals surface area contributed by atoms with E-state index in [4.69, 9.17) is 14.2 Å². The van der Waals surface area contributed by atoms with Crippen molar-refractivity contribution in [3.05, 3.63) is 35.5 Å². The lowest BCUT2D eigenvalue weighted by Gasteiger charge is -2.29. The predicted octanol–water partition coefficient (Wildman–Crippen LogP) is 2.22. The van der Waals surface area contributed by atoms with Crippen LogP contribution in [-0.2, 0) is 23.8 Å². The largest absolute Gasteiger partial charge is 0.458 e. The van der Waals surface area contributed by atoms with E-state index in [9.17, 15) is 14.7 Å². The molecule has 2 saturated heterocycles. The second kappa shape index (κ2) is 6.67. The highest BCUT2D eigenvalue weighted by molar-refractivity contribution is 5.92. The van der Waals surface area contributed by atoms with Crippen LogP contribution in [0.4, 0.5) is 0 Å². The minimum atomic E-state index is -0.667. The van der Waals surface area contributed by atoms with Crippen LogP contribution in [0.2, 0.25) is 0 Å². The Hall–Kier alpha value is -1.92. The zero-order valence-electron chi connectivity index (χ0n) is 15.7. The number of carbonyl (C=O) groups excluding carboxylic acids is 2. The maximum atomic E-state index is 12.4. The summed E-state index contributed by atoms with van der Waals surface area (Å²) in [5.74, 6) is -1.43. The number of hydrogen-bond acceptors (Lipinski definition) is 6. The Morgan fingerprint density at radius 2 is 2.19 bits per heavy atom. The number of hydrogen-bond donors (Lipinski definition) is 1. The van der Waals surface area contributed by atoms with Crippen molar-refractivity contribution in [3.63, 3.8) is 0 Å². The number of ether oxygens (including phenoxy) is 3. The maximum absolute atomic E-state index is 12.4. The molecule has 0 saturated carbocycles. The summed E-state index contributed by atoms with van der Waals surface area (Å²) >= 11 is 0. The molecule has 0 amide bonds. The van der Waals surface area contributed by atoms with Gasteiger partial charge >= 0.3 is 11.9 Å². The fraction of sp³-hybridized carbons (Fsp3) is 0.600. The van der Waals surface area contributed by atoms with Crippen LogP contribution in [0.15, 0.2) is 35.5 Å². The van der Waals surface area contributed by atoms with Crippen LogP contribution in [0.5, 0.6) is 0 Å². The summed E-state index contributed by atoms with van der Waals surface area (Å²) in [6.07, 6.45) is 2.29. The lowest BCUT2D eigenvalue weighted by molar-refractivity contribution is -0.148. The van der Waals surface area contributed by atoms with E-state index in [1.807, 2.05) is 6.92 Å². The van der Waals surface area contributed by atoms with Gasteiger partial charge in [-0.05, 0) is 39.3 Å². The van der Waals surface area contributed by atoms with Crippen LogP contribution in [0.1, 0.15) is 40.5 Å². The Balaban J connectivity index is 1.98. The highest BCUT2D eigenvalue weighted by Crippen LogP contribution is 2.47. The molecule has 6 nitrogen and oxygen atoms in total. The molecule has 2 heterocycles. The smallest absolute Gasteiger partial charge is 0.334 e. The van der Waals surface area contributed by atoms with Gasteiger partial charge in [0.05, 0.1) is 23.7 Å². The van der Waals surface area contributed by atoms with E-state index in [0.717, 1.165) is 0 Å². The first-order valence-corrected chi connectivity index (χ1v) is 8.94. The average molecular weight is 362 g/mol. The molecule has 142 valence electrons. The molecule has 0 bridgehead atoms. The van der Waals surface area contributed by atoms with Crippen molar-refractivity contribution in [2.45, 2.75) is 70.6 Å². The van der Waals surface area contributed by atoms with E-state index < -0.39 is 41.8 Å². The number of aliphatic hydroxyl groups is 1. The van der Waals surface area contributed by atoms with Crippen molar-refractivity contribution in [3.8, 4) is 0 Å². The van der Waals surface area contributed by atoms with Crippen LogP contribution in [-0.4, -0.2) is 47.1 Å². The Morgan fingerprint density at radius 3 is 2.85 bits per heavy atom. The minimum absolute atomic E-state index is 0.118. The molecule has 1 aliphatic carbocycles. The van der Waals surface area contributed by atoms with Crippen molar-refractivity contribution in [2.24, 2.45) is 5.92 Å². The maximum Gasteiger partial charge on any atom is 0.334 e. The first-order valence-electron chi connectivity index (χ1n) is 8.94. The Labute approximate surface area is 153 Å². The normalized spacial score (nSPS) is 42.1. The average Bonchev–Trinajstić information content (AvgIpc) is 3.11. The van der Waals surface area contributed by atoms with E-state index in [1.165, 1.54) is 0 Å². The van der Waals surface area contributed by atoms with E-state index in [0.29, 0.717) is 24.0 Å². The molecule has 2 fully saturated rings. The number of allylic oxidation sites excluding steroid dienone is 1. The van der Waals surface area contributed by atoms with Crippen molar-refractivity contribution in [1.29, 1.82) is 0 Å². The fourth-order valence-corrected chi connectivity index (χ4v) is 3.70. The summed E-state index contributed by atoms with van der Waals surface area (Å²) in [4.78, 5) is 24.5. The van der Waals surface area contributed by atoms with Gasteiger partial charge in [-0.1, -0.05) is 12.7 Å². The Morgan fingerprint density at radius 1 is 1.50 bits per heavy atom. The lowest BCUT2D eigenvalue weighted by atomic mass is 9.82. The van der Waals surface area contributed by atoms with Gasteiger partial charge in [0.15, 0.2) is 0 Å². The van der Waals surface area contributed by atoms with Gasteiger partial charge < -0.3 is 19.3 Å². The topological polar surface area (TPSA) is 85.4 Å². The molecule has 0 aromatic carbocycles. The number of rotatable bonds is 2. The van der Waals surface area contributed by atoms with Crippen molar-refractivity contribution >= 4 is 11.9 Å². The van der Waals surface area contributed by atoms with Crippen LogP contribution >= 0.6 is 0 Å². The molecule has 26 heavy (non-hydrogen) atoms. The molecule has 1 N–H and O–H groups in total. The molecule has 3 aliphatic rings.